The number of ether oxygens (including phenoxy) is 1. The first-order valence-corrected chi connectivity index (χ1v) is 9.93. The van der Waals surface area contributed by atoms with E-state index in [0.29, 0.717) is 5.69 Å². The molecule has 2 aromatic carbocycles. The van der Waals surface area contributed by atoms with Gasteiger partial charge in [-0.15, -0.1) is 5.92 Å². The van der Waals surface area contributed by atoms with E-state index in [9.17, 15) is 14.0 Å². The van der Waals surface area contributed by atoms with Crippen LogP contribution in [0, 0.1) is 17.7 Å². The lowest BCUT2D eigenvalue weighted by atomic mass is 10.1. The van der Waals surface area contributed by atoms with Gasteiger partial charge < -0.3 is 4.74 Å². The molecule has 1 heterocycles. The van der Waals surface area contributed by atoms with Gasteiger partial charge in [-0.1, -0.05) is 36.3 Å². The van der Waals surface area contributed by atoms with Crippen LogP contribution < -0.4 is 5.01 Å². The van der Waals surface area contributed by atoms with Crippen molar-refractivity contribution < 1.29 is 18.7 Å². The smallest absolute Gasteiger partial charge is 0.431 e. The molecule has 7 nitrogen and oxygen atoms in total. The van der Waals surface area contributed by atoms with Crippen LogP contribution in [0.5, 0.6) is 0 Å². The zero-order valence-corrected chi connectivity index (χ0v) is 18.3. The van der Waals surface area contributed by atoms with Crippen molar-refractivity contribution in [1.29, 1.82) is 0 Å². The second-order valence-electron chi connectivity index (χ2n) is 7.79. The third kappa shape index (κ3) is 5.19. The number of amides is 2. The number of hydrogen-bond donors (Lipinski definition) is 0. The second kappa shape index (κ2) is 9.43. The molecular weight excluding hydrogens is 411 g/mol. The Morgan fingerprint density at radius 1 is 1.16 bits per heavy atom. The minimum absolute atomic E-state index is 0.00923. The Hall–Kier alpha value is -3.99. The van der Waals surface area contributed by atoms with Crippen LogP contribution in [0.2, 0.25) is 0 Å². The van der Waals surface area contributed by atoms with E-state index in [4.69, 9.17) is 4.74 Å². The van der Waals surface area contributed by atoms with Gasteiger partial charge in [0.1, 0.15) is 23.7 Å². The highest BCUT2D eigenvalue weighted by atomic mass is 19.1. The average molecular weight is 434 g/mol. The summed E-state index contributed by atoms with van der Waals surface area (Å²) in [6.07, 6.45) is -0.786. The normalized spacial score (nSPS) is 14.7. The predicted octanol–water partition coefficient (Wildman–Crippen LogP) is 4.19. The Balaban J connectivity index is 2.11. The number of rotatable bonds is 4. The van der Waals surface area contributed by atoms with Gasteiger partial charge in [-0.05, 0) is 52.0 Å². The molecule has 8 heteroatoms. The van der Waals surface area contributed by atoms with E-state index in [2.05, 4.69) is 22.0 Å². The molecule has 0 radical (unpaired) electrons. The fraction of sp³-hybridized carbons (Fsp3) is 0.250. The molecule has 2 aromatic rings. The van der Waals surface area contributed by atoms with Crippen molar-refractivity contribution in [2.24, 2.45) is 10.2 Å². The monoisotopic (exact) mass is 434 g/mol. The molecule has 0 spiro atoms. The van der Waals surface area contributed by atoms with Crippen molar-refractivity contribution in [3.05, 3.63) is 66.0 Å². The summed E-state index contributed by atoms with van der Waals surface area (Å²) in [6, 6.07) is 14.6. The van der Waals surface area contributed by atoms with Gasteiger partial charge in [0.2, 0.25) is 0 Å². The summed E-state index contributed by atoms with van der Waals surface area (Å²) in [7, 11) is 0. The van der Waals surface area contributed by atoms with Crippen LogP contribution in [-0.4, -0.2) is 40.6 Å². The van der Waals surface area contributed by atoms with Crippen LogP contribution >= 0.6 is 0 Å². The highest BCUT2D eigenvalue weighted by Gasteiger charge is 2.36. The minimum atomic E-state index is -0.786. The Labute approximate surface area is 186 Å². The molecule has 0 N–H and O–H groups in total. The lowest BCUT2D eigenvalue weighted by Gasteiger charge is -2.23. The standard InChI is InChI=1S/C24H23FN4O3/c1-5-6-16-28(23(31)32-24(2,3)4)26-21-20(18-14-10-11-15-19(18)25)27-29(22(21)30)17-12-8-7-9-13-17/h7-15H,16H2,1-4H3/b26-21-. The summed E-state index contributed by atoms with van der Waals surface area (Å²) in [5.74, 6) is 4.25. The largest absolute Gasteiger partial charge is 0.442 e. The number of para-hydroxylation sites is 1. The fourth-order valence-electron chi connectivity index (χ4n) is 2.79. The van der Waals surface area contributed by atoms with Gasteiger partial charge in [-0.25, -0.2) is 9.18 Å². The number of carbonyl (C=O) groups excluding carboxylic acids is 2. The van der Waals surface area contributed by atoms with Crippen LogP contribution in [0.3, 0.4) is 0 Å². The molecule has 32 heavy (non-hydrogen) atoms. The Morgan fingerprint density at radius 3 is 2.44 bits per heavy atom. The van der Waals surface area contributed by atoms with Crippen molar-refractivity contribution in [3.8, 4) is 11.8 Å². The van der Waals surface area contributed by atoms with Gasteiger partial charge in [0.25, 0.3) is 0 Å². The summed E-state index contributed by atoms with van der Waals surface area (Å²) < 4.78 is 20.0. The summed E-state index contributed by atoms with van der Waals surface area (Å²) in [5, 5.41) is 10.6. The second-order valence-corrected chi connectivity index (χ2v) is 7.79. The molecule has 0 fully saturated rings. The van der Waals surface area contributed by atoms with E-state index in [1.807, 2.05) is 0 Å². The minimum Gasteiger partial charge on any atom is -0.442 e. The molecular formula is C24H23FN4O3. The number of nitrogens with zero attached hydrogens (tertiary/aromatic N) is 4. The van der Waals surface area contributed by atoms with Gasteiger partial charge in [-0.2, -0.15) is 20.2 Å². The molecule has 1 aliphatic rings. The third-order valence-corrected chi connectivity index (χ3v) is 4.18. The molecule has 3 rings (SSSR count). The first-order chi connectivity index (χ1) is 15.2. The number of halogens is 1. The lowest BCUT2D eigenvalue weighted by molar-refractivity contribution is -0.112. The van der Waals surface area contributed by atoms with Crippen LogP contribution in [0.1, 0.15) is 33.3 Å². The van der Waals surface area contributed by atoms with Gasteiger partial charge in [0, 0.05) is 5.56 Å². The molecule has 0 saturated heterocycles. The van der Waals surface area contributed by atoms with Gasteiger partial charge in [-0.3, -0.25) is 4.79 Å². The molecule has 2 amide bonds. The Bertz CT molecular complexity index is 1140. The Kier molecular flexibility index (Phi) is 6.69. The molecule has 1 aliphatic heterocycles. The molecule has 0 aromatic heterocycles. The lowest BCUT2D eigenvalue weighted by Crippen LogP contribution is -2.37. The molecule has 0 aliphatic carbocycles. The molecule has 0 saturated carbocycles. The molecule has 0 unspecified atom stereocenters. The van der Waals surface area contributed by atoms with E-state index in [1.165, 1.54) is 18.2 Å². The molecule has 0 bridgehead atoms. The van der Waals surface area contributed by atoms with Crippen LogP contribution in [0.15, 0.2) is 64.8 Å². The van der Waals surface area contributed by atoms with E-state index in [-0.39, 0.29) is 23.5 Å². The molecule has 0 atom stereocenters. The van der Waals surface area contributed by atoms with Crippen LogP contribution in [0.4, 0.5) is 14.9 Å². The van der Waals surface area contributed by atoms with Gasteiger partial charge in [0.05, 0.1) is 5.69 Å². The van der Waals surface area contributed by atoms with E-state index in [1.54, 1.807) is 64.1 Å². The SMILES string of the molecule is CC#CCN(/N=C1\C(=O)N(c2ccccc2)N=C1c1ccccc1F)C(=O)OC(C)(C)C. The van der Waals surface area contributed by atoms with Gasteiger partial charge in [0.15, 0.2) is 5.71 Å². The number of hydrazone groups is 2. The quantitative estimate of drug-likeness (QED) is 0.535. The van der Waals surface area contributed by atoms with Crippen molar-refractivity contribution in [1.82, 2.24) is 5.01 Å². The Morgan fingerprint density at radius 2 is 1.81 bits per heavy atom. The van der Waals surface area contributed by atoms with Crippen molar-refractivity contribution in [2.75, 3.05) is 11.6 Å². The summed E-state index contributed by atoms with van der Waals surface area (Å²) >= 11 is 0. The summed E-state index contributed by atoms with van der Waals surface area (Å²) in [4.78, 5) is 26.0. The van der Waals surface area contributed by atoms with E-state index < -0.39 is 23.4 Å². The fourth-order valence-corrected chi connectivity index (χ4v) is 2.79. The van der Waals surface area contributed by atoms with Crippen molar-refractivity contribution in [3.63, 3.8) is 0 Å². The van der Waals surface area contributed by atoms with Gasteiger partial charge >= 0.3 is 12.0 Å². The third-order valence-electron chi connectivity index (χ3n) is 4.18. The first kappa shape index (κ1) is 22.7. The zero-order valence-electron chi connectivity index (χ0n) is 18.3. The van der Waals surface area contributed by atoms with Crippen LogP contribution in [-0.2, 0) is 9.53 Å². The molecule has 164 valence electrons. The number of hydrogen-bond acceptors (Lipinski definition) is 5. The first-order valence-electron chi connectivity index (χ1n) is 9.93. The maximum absolute atomic E-state index is 14.6. The number of carbonyl (C=O) groups is 2. The summed E-state index contributed by atoms with van der Waals surface area (Å²) in [5.41, 5.74) is -0.400. The highest BCUT2D eigenvalue weighted by Crippen LogP contribution is 2.23. The maximum atomic E-state index is 14.6. The zero-order chi connectivity index (χ0) is 23.3. The van der Waals surface area contributed by atoms with Crippen LogP contribution in [0.25, 0.3) is 0 Å². The highest BCUT2D eigenvalue weighted by molar-refractivity contribution is 6.74. The van der Waals surface area contributed by atoms with Crippen molar-refractivity contribution in [2.45, 2.75) is 33.3 Å². The topological polar surface area (TPSA) is 74.6 Å². The van der Waals surface area contributed by atoms with E-state index in [0.717, 1.165) is 10.0 Å². The van der Waals surface area contributed by atoms with Crippen molar-refractivity contribution >= 4 is 29.1 Å². The number of benzene rings is 2. The number of anilines is 1. The maximum Gasteiger partial charge on any atom is 0.431 e. The predicted molar refractivity (Wildman–Crippen MR) is 121 cm³/mol. The van der Waals surface area contributed by atoms with E-state index >= 15 is 0 Å². The average Bonchev–Trinajstić information content (AvgIpc) is 3.06. The summed E-state index contributed by atoms with van der Waals surface area (Å²) in [6.45, 7) is 6.64.